The monoisotopic (exact) mass is 288 g/mol. The van der Waals surface area contributed by atoms with Crippen LogP contribution >= 0.6 is 0 Å². The van der Waals surface area contributed by atoms with Gasteiger partial charge in [-0.3, -0.25) is 4.79 Å². The van der Waals surface area contributed by atoms with Gasteiger partial charge in [-0.1, -0.05) is 6.92 Å². The molecule has 0 aromatic heterocycles. The molecule has 1 amide bonds. The number of nitrogens with two attached hydrogens (primary N) is 1. The quantitative estimate of drug-likeness (QED) is 0.905. The highest BCUT2D eigenvalue weighted by molar-refractivity contribution is 5.94. The van der Waals surface area contributed by atoms with Crippen molar-refractivity contribution in [3.05, 3.63) is 29.8 Å². The summed E-state index contributed by atoms with van der Waals surface area (Å²) in [7, 11) is 0. The average molecular weight is 288 g/mol. The van der Waals surface area contributed by atoms with Crippen molar-refractivity contribution in [1.82, 2.24) is 4.90 Å². The first-order valence-electron chi connectivity index (χ1n) is 6.17. The summed E-state index contributed by atoms with van der Waals surface area (Å²) in [5.41, 5.74) is 6.16. The molecule has 20 heavy (non-hydrogen) atoms. The Hall–Kier alpha value is -1.76. The minimum absolute atomic E-state index is 0.0632. The number of alkyl halides is 3. The lowest BCUT2D eigenvalue weighted by Gasteiger charge is -2.16. The number of halogens is 3. The van der Waals surface area contributed by atoms with Crippen LogP contribution in [-0.4, -0.2) is 36.3 Å². The van der Waals surface area contributed by atoms with E-state index in [9.17, 15) is 18.0 Å². The Kier molecular flexibility index (Phi) is 3.89. The summed E-state index contributed by atoms with van der Waals surface area (Å²) < 4.78 is 39.8. The predicted molar refractivity (Wildman–Crippen MR) is 66.2 cm³/mol. The molecule has 2 rings (SSSR count). The molecule has 2 N–H and O–H groups in total. The van der Waals surface area contributed by atoms with Crippen LogP contribution in [0, 0.1) is 5.92 Å². The van der Waals surface area contributed by atoms with Gasteiger partial charge in [0.2, 0.25) is 0 Å². The Morgan fingerprint density at radius 1 is 1.30 bits per heavy atom. The highest BCUT2D eigenvalue weighted by Crippen LogP contribution is 2.24. The molecule has 0 aliphatic carbocycles. The van der Waals surface area contributed by atoms with Gasteiger partial charge in [0.15, 0.2) is 0 Å². The van der Waals surface area contributed by atoms with Crippen LogP contribution in [0.5, 0.6) is 5.75 Å². The van der Waals surface area contributed by atoms with E-state index in [1.165, 1.54) is 12.1 Å². The van der Waals surface area contributed by atoms with E-state index in [2.05, 4.69) is 4.74 Å². The Balaban J connectivity index is 2.05. The highest BCUT2D eigenvalue weighted by atomic mass is 19.4. The molecule has 2 atom stereocenters. The van der Waals surface area contributed by atoms with Gasteiger partial charge in [-0.25, -0.2) is 0 Å². The maximum atomic E-state index is 12.1. The van der Waals surface area contributed by atoms with Crippen LogP contribution in [0.25, 0.3) is 0 Å². The van der Waals surface area contributed by atoms with Crippen molar-refractivity contribution in [2.75, 3.05) is 13.1 Å². The number of nitrogens with zero attached hydrogens (tertiary/aromatic N) is 1. The first kappa shape index (κ1) is 14.6. The molecule has 1 fully saturated rings. The Morgan fingerprint density at radius 3 is 2.35 bits per heavy atom. The molecule has 1 aromatic carbocycles. The Labute approximate surface area is 114 Å². The fraction of sp³-hybridized carbons (Fsp3) is 0.462. The predicted octanol–water partition coefficient (Wildman–Crippen LogP) is 2.00. The van der Waals surface area contributed by atoms with Gasteiger partial charge in [-0.2, -0.15) is 0 Å². The lowest BCUT2D eigenvalue weighted by molar-refractivity contribution is -0.274. The van der Waals surface area contributed by atoms with Gasteiger partial charge in [0.1, 0.15) is 5.75 Å². The van der Waals surface area contributed by atoms with E-state index in [1.807, 2.05) is 6.92 Å². The van der Waals surface area contributed by atoms with Crippen LogP contribution in [0.1, 0.15) is 17.3 Å². The van der Waals surface area contributed by atoms with Crippen molar-refractivity contribution in [1.29, 1.82) is 0 Å². The van der Waals surface area contributed by atoms with Crippen LogP contribution < -0.4 is 10.5 Å². The van der Waals surface area contributed by atoms with Gasteiger partial charge in [0, 0.05) is 24.7 Å². The molecule has 1 saturated heterocycles. The average Bonchev–Trinajstić information content (AvgIpc) is 2.68. The third kappa shape index (κ3) is 3.41. The standard InChI is InChI=1S/C13H15F3N2O2/c1-8-6-18(7-11(8)17)12(19)9-2-4-10(5-3-9)20-13(14,15)16/h2-5,8,11H,6-7,17H2,1H3. The van der Waals surface area contributed by atoms with Gasteiger partial charge >= 0.3 is 6.36 Å². The highest BCUT2D eigenvalue weighted by Gasteiger charge is 2.32. The molecular weight excluding hydrogens is 273 g/mol. The smallest absolute Gasteiger partial charge is 0.406 e. The molecule has 1 heterocycles. The SMILES string of the molecule is CC1CN(C(=O)c2ccc(OC(F)(F)F)cc2)CC1N. The van der Waals surface area contributed by atoms with Crippen LogP contribution in [0.2, 0.25) is 0 Å². The molecule has 4 nitrogen and oxygen atoms in total. The van der Waals surface area contributed by atoms with Gasteiger partial charge in [-0.05, 0) is 30.2 Å². The minimum atomic E-state index is -4.73. The summed E-state index contributed by atoms with van der Waals surface area (Å²) in [6, 6.07) is 4.82. The maximum absolute atomic E-state index is 12.1. The summed E-state index contributed by atoms with van der Waals surface area (Å²) in [4.78, 5) is 13.7. The second-order valence-corrected chi connectivity index (χ2v) is 4.92. The minimum Gasteiger partial charge on any atom is -0.406 e. The third-order valence-corrected chi connectivity index (χ3v) is 3.29. The first-order valence-corrected chi connectivity index (χ1v) is 6.17. The number of likely N-dealkylation sites (tertiary alicyclic amines) is 1. The normalized spacial score (nSPS) is 22.9. The molecule has 1 aliphatic heterocycles. The van der Waals surface area contributed by atoms with E-state index in [4.69, 9.17) is 5.73 Å². The number of rotatable bonds is 2. The molecule has 1 aromatic rings. The fourth-order valence-electron chi connectivity index (χ4n) is 2.14. The zero-order chi connectivity index (χ0) is 14.9. The summed E-state index contributed by atoms with van der Waals surface area (Å²) in [6.07, 6.45) is -4.73. The van der Waals surface area contributed by atoms with Crippen LogP contribution in [-0.2, 0) is 0 Å². The van der Waals surface area contributed by atoms with Crippen molar-refractivity contribution in [2.24, 2.45) is 11.7 Å². The summed E-state index contributed by atoms with van der Waals surface area (Å²) >= 11 is 0. The molecule has 2 unspecified atom stereocenters. The summed E-state index contributed by atoms with van der Waals surface area (Å²) in [5, 5.41) is 0. The maximum Gasteiger partial charge on any atom is 0.573 e. The van der Waals surface area contributed by atoms with E-state index >= 15 is 0 Å². The third-order valence-electron chi connectivity index (χ3n) is 3.29. The Bertz CT molecular complexity index is 477. The second-order valence-electron chi connectivity index (χ2n) is 4.92. The van der Waals surface area contributed by atoms with Crippen molar-refractivity contribution >= 4 is 5.91 Å². The van der Waals surface area contributed by atoms with Crippen molar-refractivity contribution in [3.63, 3.8) is 0 Å². The summed E-state index contributed by atoms with van der Waals surface area (Å²) in [6.45, 7) is 2.97. The van der Waals surface area contributed by atoms with Gasteiger partial charge in [0.25, 0.3) is 5.91 Å². The van der Waals surface area contributed by atoms with Gasteiger partial charge in [0.05, 0.1) is 0 Å². The van der Waals surface area contributed by atoms with Gasteiger partial charge < -0.3 is 15.4 Å². The van der Waals surface area contributed by atoms with Crippen LogP contribution in [0.3, 0.4) is 0 Å². The largest absolute Gasteiger partial charge is 0.573 e. The molecule has 1 aliphatic rings. The van der Waals surface area contributed by atoms with Crippen molar-refractivity contribution in [3.8, 4) is 5.75 Å². The van der Waals surface area contributed by atoms with Crippen molar-refractivity contribution < 1.29 is 22.7 Å². The number of hydrogen-bond acceptors (Lipinski definition) is 3. The van der Waals surface area contributed by atoms with E-state index in [0.29, 0.717) is 18.7 Å². The second kappa shape index (κ2) is 5.32. The summed E-state index contributed by atoms with van der Waals surface area (Å²) in [5.74, 6) is -0.365. The van der Waals surface area contributed by atoms with E-state index in [0.717, 1.165) is 12.1 Å². The molecule has 0 bridgehead atoms. The van der Waals surface area contributed by atoms with E-state index in [-0.39, 0.29) is 23.6 Å². The lowest BCUT2D eigenvalue weighted by atomic mass is 10.1. The Morgan fingerprint density at radius 2 is 1.90 bits per heavy atom. The molecule has 7 heteroatoms. The lowest BCUT2D eigenvalue weighted by Crippen LogP contribution is -2.32. The van der Waals surface area contributed by atoms with Crippen LogP contribution in [0.15, 0.2) is 24.3 Å². The topological polar surface area (TPSA) is 55.6 Å². The number of benzene rings is 1. The molecule has 0 radical (unpaired) electrons. The molecule has 0 saturated carbocycles. The zero-order valence-corrected chi connectivity index (χ0v) is 10.9. The first-order chi connectivity index (χ1) is 9.26. The number of amides is 1. The number of hydrogen-bond donors (Lipinski definition) is 1. The number of carbonyl (C=O) groups is 1. The zero-order valence-electron chi connectivity index (χ0n) is 10.9. The van der Waals surface area contributed by atoms with Crippen molar-refractivity contribution in [2.45, 2.75) is 19.3 Å². The van der Waals surface area contributed by atoms with Gasteiger partial charge in [-0.15, -0.1) is 13.2 Å². The van der Waals surface area contributed by atoms with Crippen LogP contribution in [0.4, 0.5) is 13.2 Å². The number of ether oxygens (including phenoxy) is 1. The molecular formula is C13H15F3N2O2. The van der Waals surface area contributed by atoms with E-state index in [1.54, 1.807) is 4.90 Å². The van der Waals surface area contributed by atoms with E-state index < -0.39 is 6.36 Å². The fourth-order valence-corrected chi connectivity index (χ4v) is 2.14. The number of carbonyl (C=O) groups excluding carboxylic acids is 1. The molecule has 110 valence electrons. The molecule has 0 spiro atoms.